The van der Waals surface area contributed by atoms with Crippen molar-refractivity contribution in [2.75, 3.05) is 19.9 Å². The van der Waals surface area contributed by atoms with E-state index in [2.05, 4.69) is 29.2 Å². The van der Waals surface area contributed by atoms with E-state index < -0.39 is 0 Å². The van der Waals surface area contributed by atoms with Crippen molar-refractivity contribution in [1.82, 2.24) is 5.32 Å². The molecule has 0 amide bonds. The molecule has 0 aromatic heterocycles. The summed E-state index contributed by atoms with van der Waals surface area (Å²) in [6, 6.07) is 8.70. The topological polar surface area (TPSA) is 21.3 Å². The van der Waals surface area contributed by atoms with Crippen LogP contribution in [0.5, 0.6) is 5.75 Å². The number of para-hydroxylation sites is 1. The molecule has 0 aliphatic heterocycles. The first-order valence-corrected chi connectivity index (χ1v) is 7.81. The van der Waals surface area contributed by atoms with E-state index in [-0.39, 0.29) is 0 Å². The average molecular weight is 265 g/mol. The van der Waals surface area contributed by atoms with Crippen molar-refractivity contribution in [1.29, 1.82) is 0 Å². The van der Waals surface area contributed by atoms with Crippen LogP contribution in [0.4, 0.5) is 0 Å². The third-order valence-corrected chi connectivity index (χ3v) is 5.13. The van der Waals surface area contributed by atoms with Crippen LogP contribution in [-0.2, 0) is 0 Å². The van der Waals surface area contributed by atoms with E-state index in [1.807, 2.05) is 19.2 Å². The van der Waals surface area contributed by atoms with Gasteiger partial charge in [-0.2, -0.15) is 11.8 Å². The van der Waals surface area contributed by atoms with Crippen LogP contribution >= 0.6 is 11.8 Å². The fraction of sp³-hybridized carbons (Fsp3) is 0.600. The van der Waals surface area contributed by atoms with E-state index in [1.54, 1.807) is 7.11 Å². The lowest BCUT2D eigenvalue weighted by Gasteiger charge is -2.20. The Morgan fingerprint density at radius 2 is 2.06 bits per heavy atom. The number of thioether (sulfide) groups is 1. The molecule has 100 valence electrons. The highest BCUT2D eigenvalue weighted by molar-refractivity contribution is 7.99. The molecule has 2 nitrogen and oxygen atoms in total. The highest BCUT2D eigenvalue weighted by Gasteiger charge is 2.19. The molecule has 1 N–H and O–H groups in total. The molecule has 1 saturated carbocycles. The molecule has 1 aromatic rings. The van der Waals surface area contributed by atoms with Gasteiger partial charge in [0.05, 0.1) is 7.11 Å². The van der Waals surface area contributed by atoms with Gasteiger partial charge in [-0.25, -0.2) is 0 Å². The Kier molecular flexibility index (Phi) is 5.39. The SMILES string of the molecule is CNC(CSC1CCCC1)c1ccccc1OC. The summed E-state index contributed by atoms with van der Waals surface area (Å²) in [6.07, 6.45) is 5.62. The van der Waals surface area contributed by atoms with Crippen LogP contribution in [0.3, 0.4) is 0 Å². The molecule has 1 aromatic carbocycles. The van der Waals surface area contributed by atoms with Crippen molar-refractivity contribution in [2.45, 2.75) is 37.0 Å². The van der Waals surface area contributed by atoms with Crippen LogP contribution in [0.25, 0.3) is 0 Å². The predicted molar refractivity (Wildman–Crippen MR) is 79.5 cm³/mol. The highest BCUT2D eigenvalue weighted by Crippen LogP contribution is 2.33. The molecular formula is C15H23NOS. The minimum absolute atomic E-state index is 0.381. The fourth-order valence-corrected chi connectivity index (χ4v) is 4.05. The van der Waals surface area contributed by atoms with Gasteiger partial charge in [-0.15, -0.1) is 0 Å². The zero-order chi connectivity index (χ0) is 12.8. The fourth-order valence-electron chi connectivity index (χ4n) is 2.57. The molecule has 1 unspecified atom stereocenters. The largest absolute Gasteiger partial charge is 0.496 e. The minimum atomic E-state index is 0.381. The summed E-state index contributed by atoms with van der Waals surface area (Å²) < 4.78 is 5.45. The van der Waals surface area contributed by atoms with Crippen molar-refractivity contribution in [3.05, 3.63) is 29.8 Å². The van der Waals surface area contributed by atoms with E-state index in [0.717, 1.165) is 16.8 Å². The van der Waals surface area contributed by atoms with E-state index >= 15 is 0 Å². The Hall–Kier alpha value is -0.670. The van der Waals surface area contributed by atoms with Gasteiger partial charge in [0.25, 0.3) is 0 Å². The van der Waals surface area contributed by atoms with Gasteiger partial charge >= 0.3 is 0 Å². The number of rotatable bonds is 6. The van der Waals surface area contributed by atoms with Gasteiger partial charge in [0, 0.05) is 22.6 Å². The first kappa shape index (κ1) is 13.8. The third-order valence-electron chi connectivity index (χ3n) is 3.66. The van der Waals surface area contributed by atoms with Crippen LogP contribution in [0.2, 0.25) is 0 Å². The first-order chi connectivity index (χ1) is 8.85. The monoisotopic (exact) mass is 265 g/mol. The van der Waals surface area contributed by atoms with Gasteiger partial charge in [-0.3, -0.25) is 0 Å². The van der Waals surface area contributed by atoms with Crippen molar-refractivity contribution < 1.29 is 4.74 Å². The summed E-state index contributed by atoms with van der Waals surface area (Å²) in [6.45, 7) is 0. The summed E-state index contributed by atoms with van der Waals surface area (Å²) in [5.74, 6) is 2.12. The molecule has 2 rings (SSSR count). The van der Waals surface area contributed by atoms with Gasteiger partial charge in [-0.05, 0) is 26.0 Å². The number of benzene rings is 1. The van der Waals surface area contributed by atoms with Crippen molar-refractivity contribution in [3.8, 4) is 5.75 Å². The molecule has 1 aliphatic rings. The molecular weight excluding hydrogens is 242 g/mol. The Bertz CT molecular complexity index is 363. The van der Waals surface area contributed by atoms with Crippen molar-refractivity contribution in [3.63, 3.8) is 0 Å². The second-order valence-electron chi connectivity index (χ2n) is 4.82. The lowest BCUT2D eigenvalue weighted by atomic mass is 10.1. The molecule has 0 radical (unpaired) electrons. The zero-order valence-corrected chi connectivity index (χ0v) is 12.1. The summed E-state index contributed by atoms with van der Waals surface area (Å²) >= 11 is 2.11. The molecule has 0 saturated heterocycles. The molecule has 18 heavy (non-hydrogen) atoms. The molecule has 0 bridgehead atoms. The average Bonchev–Trinajstić information content (AvgIpc) is 2.93. The Balaban J connectivity index is 1.98. The van der Waals surface area contributed by atoms with Crippen LogP contribution < -0.4 is 10.1 Å². The standard InChI is InChI=1S/C15H23NOS/c1-16-14(11-18-12-7-3-4-8-12)13-9-5-6-10-15(13)17-2/h5-6,9-10,12,14,16H,3-4,7-8,11H2,1-2H3. The lowest BCUT2D eigenvalue weighted by molar-refractivity contribution is 0.404. The van der Waals surface area contributed by atoms with Crippen LogP contribution in [0.1, 0.15) is 37.3 Å². The molecule has 0 heterocycles. The number of ether oxygens (including phenoxy) is 1. The number of hydrogen-bond donors (Lipinski definition) is 1. The number of nitrogens with one attached hydrogen (secondary N) is 1. The Morgan fingerprint density at radius 3 is 2.72 bits per heavy atom. The van der Waals surface area contributed by atoms with Crippen molar-refractivity contribution in [2.24, 2.45) is 0 Å². The molecule has 0 spiro atoms. The summed E-state index contributed by atoms with van der Waals surface area (Å²) in [4.78, 5) is 0. The minimum Gasteiger partial charge on any atom is -0.496 e. The van der Waals surface area contributed by atoms with E-state index in [1.165, 1.54) is 31.2 Å². The second-order valence-corrected chi connectivity index (χ2v) is 6.16. The van der Waals surface area contributed by atoms with E-state index in [0.29, 0.717) is 6.04 Å². The molecule has 1 aliphatic carbocycles. The number of methoxy groups -OCH3 is 1. The second kappa shape index (κ2) is 7.05. The Labute approximate surface area is 114 Å². The lowest BCUT2D eigenvalue weighted by Crippen LogP contribution is -2.20. The maximum absolute atomic E-state index is 5.45. The maximum Gasteiger partial charge on any atom is 0.123 e. The van der Waals surface area contributed by atoms with Crippen molar-refractivity contribution >= 4 is 11.8 Å². The van der Waals surface area contributed by atoms with E-state index in [4.69, 9.17) is 4.74 Å². The van der Waals surface area contributed by atoms with Gasteiger partial charge in [0.1, 0.15) is 5.75 Å². The molecule has 1 atom stereocenters. The number of hydrogen-bond acceptors (Lipinski definition) is 3. The third kappa shape index (κ3) is 3.42. The maximum atomic E-state index is 5.45. The van der Waals surface area contributed by atoms with Gasteiger partial charge in [0.2, 0.25) is 0 Å². The summed E-state index contributed by atoms with van der Waals surface area (Å²) in [7, 11) is 3.78. The zero-order valence-electron chi connectivity index (χ0n) is 11.3. The molecule has 1 fully saturated rings. The quantitative estimate of drug-likeness (QED) is 0.848. The van der Waals surface area contributed by atoms with Crippen LogP contribution in [-0.4, -0.2) is 25.2 Å². The van der Waals surface area contributed by atoms with Gasteiger partial charge in [-0.1, -0.05) is 31.0 Å². The van der Waals surface area contributed by atoms with E-state index in [9.17, 15) is 0 Å². The summed E-state index contributed by atoms with van der Waals surface area (Å²) in [5.41, 5.74) is 1.27. The Morgan fingerprint density at radius 1 is 1.33 bits per heavy atom. The van der Waals surface area contributed by atoms with Gasteiger partial charge in [0.15, 0.2) is 0 Å². The smallest absolute Gasteiger partial charge is 0.123 e. The normalized spacial score (nSPS) is 17.9. The van der Waals surface area contributed by atoms with Gasteiger partial charge < -0.3 is 10.1 Å². The molecule has 3 heteroatoms. The predicted octanol–water partition coefficient (Wildman–Crippen LogP) is 3.63. The summed E-state index contributed by atoms with van der Waals surface area (Å²) in [5, 5.41) is 4.29. The first-order valence-electron chi connectivity index (χ1n) is 6.77. The van der Waals surface area contributed by atoms with Crippen LogP contribution in [0.15, 0.2) is 24.3 Å². The van der Waals surface area contributed by atoms with Crippen LogP contribution in [0, 0.1) is 0 Å². The highest BCUT2D eigenvalue weighted by atomic mass is 32.2.